The molecule has 4 fully saturated rings. The van der Waals surface area contributed by atoms with Crippen LogP contribution < -0.4 is 4.74 Å². The summed E-state index contributed by atoms with van der Waals surface area (Å²) in [6, 6.07) is 9.00. The van der Waals surface area contributed by atoms with Crippen molar-refractivity contribution >= 4 is 11.9 Å². The van der Waals surface area contributed by atoms with Gasteiger partial charge in [-0.1, -0.05) is 44.2 Å². The highest BCUT2D eigenvalue weighted by atomic mass is 19.4. The summed E-state index contributed by atoms with van der Waals surface area (Å²) in [6.07, 6.45) is 7.92. The van der Waals surface area contributed by atoms with Crippen molar-refractivity contribution in [3.8, 4) is 5.75 Å². The number of carbonyl (C=O) groups excluding carboxylic acids is 2. The highest BCUT2D eigenvalue weighted by Gasteiger charge is 2.76. The lowest BCUT2D eigenvalue weighted by Gasteiger charge is -2.71. The number of aliphatic hydroxyl groups excluding tert-OH is 1. The summed E-state index contributed by atoms with van der Waals surface area (Å²) in [7, 11) is 0. The number of benzene rings is 1. The van der Waals surface area contributed by atoms with Gasteiger partial charge in [0.25, 0.3) is 0 Å². The van der Waals surface area contributed by atoms with Crippen LogP contribution in [0.5, 0.6) is 5.75 Å². The molecule has 244 valence electrons. The number of ether oxygens (including phenoxy) is 2. The molecule has 1 aliphatic heterocycles. The van der Waals surface area contributed by atoms with E-state index in [0.29, 0.717) is 30.7 Å². The van der Waals surface area contributed by atoms with Gasteiger partial charge in [0.05, 0.1) is 18.9 Å². The minimum atomic E-state index is -4.78. The van der Waals surface area contributed by atoms with Crippen LogP contribution in [-0.4, -0.2) is 46.5 Å². The average Bonchev–Trinajstić information content (AvgIpc) is 3.71. The van der Waals surface area contributed by atoms with Crippen molar-refractivity contribution in [1.82, 2.24) is 4.90 Å². The quantitative estimate of drug-likeness (QED) is 0.268. The summed E-state index contributed by atoms with van der Waals surface area (Å²) < 4.78 is 54.0. The number of allylic oxidation sites excluding steroid dienone is 4. The Hall–Kier alpha value is -3.53. The van der Waals surface area contributed by atoms with Gasteiger partial charge < -0.3 is 19.0 Å². The van der Waals surface area contributed by atoms with Crippen LogP contribution in [0.1, 0.15) is 74.9 Å². The first-order chi connectivity index (χ1) is 21.7. The molecule has 3 saturated carbocycles. The zero-order chi connectivity index (χ0) is 32.3. The smallest absolute Gasteiger partial charge is 0.461 e. The van der Waals surface area contributed by atoms with Gasteiger partial charge in [0.2, 0.25) is 5.78 Å². The number of fused-ring (bicyclic) bond motifs is 2. The Balaban J connectivity index is 1.14. The molecular weight excluding hydrogens is 599 g/mol. The standard InChI is InChI=1S/C36H38F3NO6/c1-31-12-9-23(41)18-33(31)15-16-35(25(19-33)29(42)26-4-3-17-44-26)27(31)10-13-32(2)28(35)11-14-34(32)21-40(30(43)46-34)20-22-5-7-24(8-6-22)45-36(37,38)39/h3-8,15-17,19,23,27-28,41H,9-14,18,20-21H2,1-2H3/t23-,27+,28+,31+,32-,33-,34+,35-/m0/s1. The maximum atomic E-state index is 14.3. The third-order valence-electron chi connectivity index (χ3n) is 13.2. The van der Waals surface area contributed by atoms with Gasteiger partial charge >= 0.3 is 12.5 Å². The van der Waals surface area contributed by atoms with E-state index in [0.717, 1.165) is 37.7 Å². The van der Waals surface area contributed by atoms with Crippen molar-refractivity contribution in [1.29, 1.82) is 0 Å². The van der Waals surface area contributed by atoms with E-state index < -0.39 is 40.4 Å². The first kappa shape index (κ1) is 29.8. The summed E-state index contributed by atoms with van der Waals surface area (Å²) in [6.45, 7) is 5.14. The van der Waals surface area contributed by atoms with E-state index in [1.807, 2.05) is 0 Å². The second-order valence-corrected chi connectivity index (χ2v) is 15.0. The van der Waals surface area contributed by atoms with Crippen molar-refractivity contribution < 1.29 is 41.8 Å². The topological polar surface area (TPSA) is 89.2 Å². The van der Waals surface area contributed by atoms with Crippen LogP contribution >= 0.6 is 0 Å². The second-order valence-electron chi connectivity index (χ2n) is 15.0. The lowest BCUT2D eigenvalue weighted by Crippen LogP contribution is -2.67. The Kier molecular flexibility index (Phi) is 6.18. The first-order valence-electron chi connectivity index (χ1n) is 16.3. The van der Waals surface area contributed by atoms with Gasteiger partial charge in [-0.25, -0.2) is 4.79 Å². The Labute approximate surface area is 265 Å². The minimum absolute atomic E-state index is 0.0219. The molecule has 2 aromatic rings. The van der Waals surface area contributed by atoms with Crippen LogP contribution in [0.4, 0.5) is 18.0 Å². The van der Waals surface area contributed by atoms with Crippen molar-refractivity contribution in [2.45, 2.75) is 83.4 Å². The maximum absolute atomic E-state index is 14.3. The molecule has 2 heterocycles. The van der Waals surface area contributed by atoms with E-state index in [4.69, 9.17) is 9.15 Å². The molecule has 1 amide bonds. The van der Waals surface area contributed by atoms with Gasteiger partial charge in [0.1, 0.15) is 11.4 Å². The molecule has 1 aromatic heterocycles. The largest absolute Gasteiger partial charge is 0.573 e. The van der Waals surface area contributed by atoms with Gasteiger partial charge in [-0.15, -0.1) is 13.2 Å². The highest BCUT2D eigenvalue weighted by molar-refractivity contribution is 6.08. The number of Topliss-reactive ketones (excluding diaryl/α,β-unsaturated/α-hetero) is 1. The molecule has 0 radical (unpaired) electrons. The predicted octanol–water partition coefficient (Wildman–Crippen LogP) is 7.61. The monoisotopic (exact) mass is 637 g/mol. The van der Waals surface area contributed by atoms with Crippen molar-refractivity contribution in [2.24, 2.45) is 33.5 Å². The molecule has 1 N–H and O–H groups in total. The van der Waals surface area contributed by atoms with Crippen molar-refractivity contribution in [2.75, 3.05) is 6.54 Å². The molecule has 10 heteroatoms. The summed E-state index contributed by atoms with van der Waals surface area (Å²) >= 11 is 0. The lowest BCUT2D eigenvalue weighted by molar-refractivity contribution is -0.274. The molecule has 2 bridgehead atoms. The Bertz CT molecular complexity index is 1650. The Morgan fingerprint density at radius 1 is 1.02 bits per heavy atom. The number of carbonyl (C=O) groups is 2. The van der Waals surface area contributed by atoms with E-state index in [1.165, 1.54) is 30.5 Å². The van der Waals surface area contributed by atoms with Crippen LogP contribution in [0.25, 0.3) is 0 Å². The molecule has 3 spiro atoms. The number of furan rings is 1. The zero-order valence-corrected chi connectivity index (χ0v) is 25.9. The number of halogens is 3. The third kappa shape index (κ3) is 3.88. The van der Waals surface area contributed by atoms with Gasteiger partial charge in [-0.05, 0) is 92.0 Å². The highest BCUT2D eigenvalue weighted by Crippen LogP contribution is 2.79. The van der Waals surface area contributed by atoms with Gasteiger partial charge in [0.15, 0.2) is 5.76 Å². The number of hydrogen-bond donors (Lipinski definition) is 1. The maximum Gasteiger partial charge on any atom is 0.573 e. The molecule has 9 rings (SSSR count). The molecule has 7 aliphatic rings. The molecule has 8 atom stereocenters. The van der Waals surface area contributed by atoms with Crippen LogP contribution in [0.2, 0.25) is 0 Å². The second kappa shape index (κ2) is 9.52. The van der Waals surface area contributed by atoms with Gasteiger partial charge in [0, 0.05) is 28.4 Å². The van der Waals surface area contributed by atoms with Gasteiger partial charge in [-0.2, -0.15) is 0 Å². The van der Waals surface area contributed by atoms with Crippen LogP contribution in [-0.2, 0) is 11.3 Å². The number of alkyl halides is 3. The fourth-order valence-corrected chi connectivity index (χ4v) is 11.1. The van der Waals surface area contributed by atoms with Crippen LogP contribution in [0.15, 0.2) is 70.9 Å². The predicted molar refractivity (Wildman–Crippen MR) is 159 cm³/mol. The number of rotatable bonds is 5. The molecule has 0 unspecified atom stereocenters. The fraction of sp³-hybridized carbons (Fsp3) is 0.556. The SMILES string of the molecule is C[C@]12CC[C@H]3[C@@]4(C=C[C@@]5(C=C4C(=O)c4ccco4)C[C@@H](O)CC[C@]35C)[C@@H]1CC[C@@]21CN(Cc2ccc(OC(F)(F)F)cc2)C(=O)O1. The van der Waals surface area contributed by atoms with Crippen molar-refractivity contribution in [3.63, 3.8) is 0 Å². The van der Waals surface area contributed by atoms with E-state index in [1.54, 1.807) is 17.0 Å². The molecule has 1 saturated heterocycles. The lowest BCUT2D eigenvalue weighted by atomic mass is 9.32. The number of amides is 1. The Morgan fingerprint density at radius 2 is 1.74 bits per heavy atom. The summed E-state index contributed by atoms with van der Waals surface area (Å²) in [5, 5.41) is 10.9. The third-order valence-corrected chi connectivity index (χ3v) is 13.2. The summed E-state index contributed by atoms with van der Waals surface area (Å²) in [4.78, 5) is 29.5. The number of hydrogen-bond acceptors (Lipinski definition) is 6. The first-order valence-corrected chi connectivity index (χ1v) is 16.3. The minimum Gasteiger partial charge on any atom is -0.461 e. The Morgan fingerprint density at radius 3 is 2.46 bits per heavy atom. The zero-order valence-electron chi connectivity index (χ0n) is 25.9. The number of nitrogens with zero attached hydrogens (tertiary/aromatic N) is 1. The molecule has 1 aromatic carbocycles. The molecule has 7 nitrogen and oxygen atoms in total. The van der Waals surface area contributed by atoms with E-state index in [-0.39, 0.29) is 35.3 Å². The van der Waals surface area contributed by atoms with Crippen molar-refractivity contribution in [3.05, 3.63) is 77.8 Å². The van der Waals surface area contributed by atoms with E-state index >= 15 is 0 Å². The molecule has 46 heavy (non-hydrogen) atoms. The summed E-state index contributed by atoms with van der Waals surface area (Å²) in [5.41, 5.74) is -0.916. The summed E-state index contributed by atoms with van der Waals surface area (Å²) in [5.74, 6) is 0.0722. The molecule has 6 aliphatic carbocycles. The fourth-order valence-electron chi connectivity index (χ4n) is 11.1. The van der Waals surface area contributed by atoms with E-state index in [2.05, 4.69) is 36.8 Å². The van der Waals surface area contributed by atoms with Gasteiger partial charge in [-0.3, -0.25) is 9.69 Å². The average molecular weight is 638 g/mol. The number of ketones is 1. The van der Waals surface area contributed by atoms with Crippen LogP contribution in [0.3, 0.4) is 0 Å². The normalized spacial score (nSPS) is 40.7. The number of aliphatic hydroxyl groups is 1. The van der Waals surface area contributed by atoms with E-state index in [9.17, 15) is 27.9 Å². The molecular formula is C36H38F3NO6. The van der Waals surface area contributed by atoms with Crippen LogP contribution in [0, 0.1) is 33.5 Å².